The van der Waals surface area contributed by atoms with Crippen LogP contribution in [0.5, 0.6) is 0 Å². The summed E-state index contributed by atoms with van der Waals surface area (Å²) in [6, 6.07) is 8.84. The quantitative estimate of drug-likeness (QED) is 0.188. The number of aryl methyl sites for hydroxylation is 2. The highest BCUT2D eigenvalue weighted by atomic mass is 16.4. The van der Waals surface area contributed by atoms with Gasteiger partial charge in [0, 0.05) is 72.9 Å². The molecular weight excluding hydrogens is 564 g/mol. The first-order valence-corrected chi connectivity index (χ1v) is 13.5. The predicted octanol–water partition coefficient (Wildman–Crippen LogP) is 2.53. The van der Waals surface area contributed by atoms with Crippen molar-refractivity contribution >= 4 is 45.6 Å². The smallest absolute Gasteiger partial charge is 0.414 e. The zero-order chi connectivity index (χ0) is 42.3. The highest BCUT2D eigenvalue weighted by molar-refractivity contribution is 6.27. The molecule has 0 bridgehead atoms. The van der Waals surface area contributed by atoms with Crippen molar-refractivity contribution in [3.05, 3.63) is 70.0 Å². The second-order valence-electron chi connectivity index (χ2n) is 10.6. The lowest BCUT2D eigenvalue weighted by atomic mass is 9.90. The lowest BCUT2D eigenvalue weighted by Crippen LogP contribution is -2.33. The van der Waals surface area contributed by atoms with Gasteiger partial charge in [-0.2, -0.15) is 0 Å². The van der Waals surface area contributed by atoms with Gasteiger partial charge in [-0.05, 0) is 114 Å². The largest absolute Gasteiger partial charge is 0.473 e. The van der Waals surface area contributed by atoms with Gasteiger partial charge in [0.15, 0.2) is 0 Å². The molecule has 2 heterocycles. The number of nitrogens with zero attached hydrogens (tertiary/aromatic N) is 2. The van der Waals surface area contributed by atoms with Gasteiger partial charge in [-0.1, -0.05) is 0 Å². The fraction of sp³-hybridized carbons (Fsp3) is 0.375. The third-order valence-corrected chi connectivity index (χ3v) is 7.81. The van der Waals surface area contributed by atoms with E-state index < -0.39 is 63.7 Å². The molecule has 12 heteroatoms. The molecular formula is C32H40N6O6. The minimum absolute atomic E-state index is 0.286. The summed E-state index contributed by atoms with van der Waals surface area (Å²) in [6.07, 6.45) is 2.52. The number of amides is 2. The first-order chi connectivity index (χ1) is 25.6. The van der Waals surface area contributed by atoms with Crippen molar-refractivity contribution in [2.75, 3.05) is 27.9 Å². The van der Waals surface area contributed by atoms with E-state index in [2.05, 4.69) is 9.97 Å². The average Bonchev–Trinajstić information content (AvgIpc) is 3.59. The highest BCUT2D eigenvalue weighted by Crippen LogP contribution is 2.32. The Morgan fingerprint density at radius 2 is 1.11 bits per heavy atom. The van der Waals surface area contributed by atoms with Gasteiger partial charge in [0.25, 0.3) is 0 Å². The number of carboxylic acids is 2. The molecule has 8 N–H and O–H groups in total. The number of nitrogens with one attached hydrogen (secondary N) is 2. The molecule has 0 spiro atoms. The molecule has 2 unspecified atom stereocenters. The fourth-order valence-corrected chi connectivity index (χ4v) is 5.54. The molecule has 2 aliphatic rings. The number of nitrogens with two attached hydrogens (primary N) is 2. The Kier molecular flexibility index (Phi) is 5.92. The molecule has 6 rings (SSSR count). The van der Waals surface area contributed by atoms with Gasteiger partial charge in [-0.15, -0.1) is 0 Å². The summed E-state index contributed by atoms with van der Waals surface area (Å²) < 4.78 is 91.3. The van der Waals surface area contributed by atoms with Gasteiger partial charge in [-0.3, -0.25) is 9.59 Å². The molecule has 234 valence electrons. The number of aromatic nitrogens is 2. The molecule has 2 atom stereocenters. The number of primary amides is 2. The van der Waals surface area contributed by atoms with Crippen LogP contribution in [0.15, 0.2) is 36.4 Å². The monoisotopic (exact) mass is 616 g/mol. The van der Waals surface area contributed by atoms with Crippen LogP contribution in [0.4, 0.5) is 0 Å². The average molecular weight is 617 g/mol. The summed E-state index contributed by atoms with van der Waals surface area (Å²) in [7, 11) is 0. The van der Waals surface area contributed by atoms with Gasteiger partial charge in [-0.25, -0.2) is 9.59 Å². The van der Waals surface area contributed by atoms with E-state index in [1.165, 1.54) is 0 Å². The number of aliphatic carboxylic acids is 2. The van der Waals surface area contributed by atoms with Crippen molar-refractivity contribution in [2.45, 2.75) is 50.6 Å². The maximum absolute atomic E-state index is 11.4. The number of carboxylic acid groups (broad SMARTS) is 2. The van der Waals surface area contributed by atoms with Crippen LogP contribution >= 0.6 is 0 Å². The molecule has 12 nitrogen and oxygen atoms in total. The maximum Gasteiger partial charge on any atom is 0.414 e. The van der Waals surface area contributed by atoms with Crippen molar-refractivity contribution < 1.29 is 45.8 Å². The van der Waals surface area contributed by atoms with E-state index in [9.17, 15) is 9.59 Å². The molecule has 2 aliphatic carbocycles. The number of benzene rings is 2. The minimum atomic E-state index is -2.71. The van der Waals surface area contributed by atoms with Crippen LogP contribution in [0, 0.1) is 0 Å². The van der Waals surface area contributed by atoms with Crippen LogP contribution in [0.1, 0.15) is 72.5 Å². The Morgan fingerprint density at radius 3 is 1.43 bits per heavy atom. The van der Waals surface area contributed by atoms with Gasteiger partial charge in [0.05, 0.1) is 0 Å². The standard InChI is InChI=1S/2C15H19N3O.C2H2O4/c2*1-18(2)10-4-6-14-12(8-10)11-7-9(15(16)19)3-5-13(11)17-14;3-1(4)2(5)6/h2*3,5,7,10,17H,4,6,8H2,1-2H3,(H2,16,19);(H,3,4)(H,5,6)/i2*1D3,2D3;. The van der Waals surface area contributed by atoms with Crippen molar-refractivity contribution in [1.29, 1.82) is 0 Å². The van der Waals surface area contributed by atoms with Crippen LogP contribution in [0.3, 0.4) is 0 Å². The summed E-state index contributed by atoms with van der Waals surface area (Å²) in [5.74, 6) is -4.74. The fourth-order valence-electron chi connectivity index (χ4n) is 5.54. The van der Waals surface area contributed by atoms with Crippen LogP contribution in [-0.2, 0) is 35.3 Å². The number of fused-ring (bicyclic) bond motifs is 6. The van der Waals surface area contributed by atoms with E-state index in [4.69, 9.17) is 47.7 Å². The number of hydrogen-bond acceptors (Lipinski definition) is 6. The number of carbonyl (C=O) groups excluding carboxylic acids is 2. The van der Waals surface area contributed by atoms with Crippen LogP contribution in [-0.4, -0.2) is 93.7 Å². The zero-order valence-electron chi connectivity index (χ0n) is 35.4. The predicted molar refractivity (Wildman–Crippen MR) is 168 cm³/mol. The number of rotatable bonds is 4. The lowest BCUT2D eigenvalue weighted by molar-refractivity contribution is -0.159. The van der Waals surface area contributed by atoms with E-state index in [1.807, 2.05) is 0 Å². The van der Waals surface area contributed by atoms with E-state index in [-0.39, 0.29) is 12.8 Å². The third-order valence-electron chi connectivity index (χ3n) is 7.81. The van der Waals surface area contributed by atoms with E-state index >= 15 is 0 Å². The zero-order valence-corrected chi connectivity index (χ0v) is 23.4. The highest BCUT2D eigenvalue weighted by Gasteiger charge is 2.25. The maximum atomic E-state index is 11.4. The number of carbonyl (C=O) groups is 4. The molecule has 44 heavy (non-hydrogen) atoms. The van der Waals surface area contributed by atoms with Crippen molar-refractivity contribution in [3.8, 4) is 0 Å². The molecule has 2 amide bonds. The first-order valence-electron chi connectivity index (χ1n) is 19.5. The summed E-state index contributed by atoms with van der Waals surface area (Å²) in [6.45, 7) is -10.8. The van der Waals surface area contributed by atoms with Gasteiger partial charge in [0.2, 0.25) is 11.8 Å². The second-order valence-corrected chi connectivity index (χ2v) is 10.6. The normalized spacial score (nSPS) is 22.4. The van der Waals surface area contributed by atoms with Gasteiger partial charge < -0.3 is 41.4 Å². The molecule has 0 radical (unpaired) electrons. The van der Waals surface area contributed by atoms with E-state index in [0.717, 1.165) is 44.3 Å². The Labute approximate surface area is 271 Å². The minimum Gasteiger partial charge on any atom is -0.473 e. The number of hydrogen-bond donors (Lipinski definition) is 6. The Hall–Kier alpha value is -4.68. The summed E-state index contributed by atoms with van der Waals surface area (Å²) >= 11 is 0. The van der Waals surface area contributed by atoms with E-state index in [1.54, 1.807) is 36.4 Å². The van der Waals surface area contributed by atoms with Crippen molar-refractivity contribution in [2.24, 2.45) is 11.5 Å². The molecule has 2 aromatic heterocycles. The van der Waals surface area contributed by atoms with Crippen LogP contribution < -0.4 is 11.5 Å². The first kappa shape index (κ1) is 19.6. The number of H-pyrrole nitrogens is 2. The number of likely N-dealkylation sites (N-methyl/N-ethyl adjacent to an activating group) is 2. The summed E-state index contributed by atoms with van der Waals surface area (Å²) in [5, 5.41) is 16.4. The Morgan fingerprint density at radius 1 is 0.727 bits per heavy atom. The Balaban J connectivity index is 0.000000217. The summed E-state index contributed by atoms with van der Waals surface area (Å²) in [5.41, 5.74) is 16.6. The lowest BCUT2D eigenvalue weighted by Gasteiger charge is -2.28. The molecule has 0 saturated carbocycles. The summed E-state index contributed by atoms with van der Waals surface area (Å²) in [4.78, 5) is 48.9. The second kappa shape index (κ2) is 13.3. The molecule has 2 aromatic carbocycles. The SMILES string of the molecule is O=C(O)C(=O)O.[2H]C([2H])([2H])N(C1CCc2[nH]c3ccc(C(N)=O)cc3c2C1)C([2H])([2H])[2H].[2H]C([2H])([2H])N(C1CCc2[nH]c3ccc(C(N)=O)cc3c2C1)C([2H])([2H])[2H]. The number of aromatic amines is 2. The molecule has 0 aliphatic heterocycles. The van der Waals surface area contributed by atoms with Gasteiger partial charge >= 0.3 is 11.9 Å². The topological polar surface area (TPSA) is 199 Å². The van der Waals surface area contributed by atoms with Crippen molar-refractivity contribution in [1.82, 2.24) is 19.8 Å². The molecule has 4 aromatic rings. The van der Waals surface area contributed by atoms with Crippen LogP contribution in [0.2, 0.25) is 0 Å². The van der Waals surface area contributed by atoms with E-state index in [0.29, 0.717) is 46.6 Å². The third kappa shape index (κ3) is 7.09. The van der Waals surface area contributed by atoms with Gasteiger partial charge in [0.1, 0.15) is 0 Å². The Bertz CT molecular complexity index is 1960. The van der Waals surface area contributed by atoms with Crippen molar-refractivity contribution in [3.63, 3.8) is 0 Å². The molecule has 0 saturated heterocycles. The molecule has 0 fully saturated rings. The van der Waals surface area contributed by atoms with Crippen LogP contribution in [0.25, 0.3) is 21.8 Å².